The van der Waals surface area contributed by atoms with Crippen LogP contribution >= 0.6 is 0 Å². The van der Waals surface area contributed by atoms with E-state index in [1.54, 1.807) is 0 Å². The van der Waals surface area contributed by atoms with Crippen LogP contribution in [0.3, 0.4) is 0 Å². The minimum atomic E-state index is 0. The summed E-state index contributed by atoms with van der Waals surface area (Å²) in [7, 11) is 0. The Balaban J connectivity index is -0.000000500. The molecule has 0 fully saturated rings. The van der Waals surface area contributed by atoms with E-state index < -0.39 is 0 Å². The van der Waals surface area contributed by atoms with Crippen molar-refractivity contribution in [3.05, 3.63) is 11.8 Å². The van der Waals surface area contributed by atoms with Crippen molar-refractivity contribution in [2.75, 3.05) is 0 Å². The van der Waals surface area contributed by atoms with E-state index in [2.05, 4.69) is 47.6 Å². The Labute approximate surface area is 110 Å². The Morgan fingerprint density at radius 2 is 1.31 bits per heavy atom. The first-order valence-electron chi connectivity index (χ1n) is 4.04. The molecule has 0 bridgehead atoms. The minimum Gasteiger partial charge on any atom is -0.470 e. The standard InChI is InChI=1S/C10H20N.B.Y/c1-9(2,3)7-8(11)10(4,5)6;;/h11H2,1-6H3;;/q-1;;. The van der Waals surface area contributed by atoms with Gasteiger partial charge in [-0.1, -0.05) is 41.5 Å². The van der Waals surface area contributed by atoms with Gasteiger partial charge < -0.3 is 11.8 Å². The predicted molar refractivity (Wildman–Crippen MR) is 55.6 cm³/mol. The smallest absolute Gasteiger partial charge is 0 e. The van der Waals surface area contributed by atoms with E-state index in [4.69, 9.17) is 5.73 Å². The van der Waals surface area contributed by atoms with Gasteiger partial charge in [0.1, 0.15) is 0 Å². The Morgan fingerprint density at radius 1 is 1.00 bits per heavy atom. The third kappa shape index (κ3) is 10.6. The molecule has 0 aliphatic carbocycles. The minimum absolute atomic E-state index is 0. The second-order valence-corrected chi connectivity index (χ2v) is 5.04. The molecule has 0 saturated heterocycles. The quantitative estimate of drug-likeness (QED) is 0.521. The second-order valence-electron chi connectivity index (χ2n) is 5.04. The fourth-order valence-corrected chi connectivity index (χ4v) is 0.592. The molecule has 0 spiro atoms. The Kier molecular flexibility index (Phi) is 9.27. The van der Waals surface area contributed by atoms with Gasteiger partial charge in [-0.25, -0.2) is 0 Å². The zero-order valence-electron chi connectivity index (χ0n) is 9.73. The monoisotopic (exact) mass is 254 g/mol. The van der Waals surface area contributed by atoms with Crippen molar-refractivity contribution in [2.45, 2.75) is 41.5 Å². The number of hydrogen-bond acceptors (Lipinski definition) is 1. The summed E-state index contributed by atoms with van der Waals surface area (Å²) < 4.78 is 0. The molecule has 0 amide bonds. The molecule has 0 aromatic heterocycles. The molecule has 72 valence electrons. The maximum Gasteiger partial charge on any atom is 0 e. The van der Waals surface area contributed by atoms with Crippen LogP contribution in [-0.2, 0) is 32.7 Å². The summed E-state index contributed by atoms with van der Waals surface area (Å²) in [5.41, 5.74) is 6.81. The van der Waals surface area contributed by atoms with Crippen molar-refractivity contribution >= 4 is 8.41 Å². The maximum atomic E-state index is 5.84. The van der Waals surface area contributed by atoms with Crippen molar-refractivity contribution in [1.29, 1.82) is 0 Å². The molecule has 0 aromatic rings. The van der Waals surface area contributed by atoms with Crippen LogP contribution in [0, 0.1) is 16.9 Å². The zero-order chi connectivity index (χ0) is 9.28. The SMILES string of the molecule is CC(C)(C)[C-]=C(N)C(C)(C)C.[B].[Y]. The van der Waals surface area contributed by atoms with Gasteiger partial charge in [0.15, 0.2) is 0 Å². The van der Waals surface area contributed by atoms with Crippen molar-refractivity contribution in [1.82, 2.24) is 0 Å². The zero-order valence-corrected chi connectivity index (χ0v) is 12.6. The first-order valence-corrected chi connectivity index (χ1v) is 4.04. The average Bonchev–Trinajstić information content (AvgIpc) is 1.56. The Bertz CT molecular complexity index is 163. The van der Waals surface area contributed by atoms with Crippen LogP contribution in [0.1, 0.15) is 41.5 Å². The largest absolute Gasteiger partial charge is 0.470 e. The van der Waals surface area contributed by atoms with Gasteiger partial charge in [-0.3, -0.25) is 0 Å². The first kappa shape index (κ1) is 19.3. The van der Waals surface area contributed by atoms with Crippen molar-refractivity contribution in [3.63, 3.8) is 0 Å². The normalized spacial score (nSPS) is 12.9. The number of hydrogen-bond donors (Lipinski definition) is 1. The van der Waals surface area contributed by atoms with E-state index in [0.29, 0.717) is 0 Å². The number of rotatable bonds is 0. The molecular weight excluding hydrogens is 234 g/mol. The second kappa shape index (κ2) is 6.24. The summed E-state index contributed by atoms with van der Waals surface area (Å²) in [5.74, 6) is 0. The molecule has 13 heavy (non-hydrogen) atoms. The van der Waals surface area contributed by atoms with E-state index in [1.807, 2.05) is 0 Å². The predicted octanol–water partition coefficient (Wildman–Crippen LogP) is 2.34. The molecule has 4 radical (unpaired) electrons. The summed E-state index contributed by atoms with van der Waals surface area (Å²) >= 11 is 0. The fraction of sp³-hybridized carbons (Fsp3) is 0.800. The maximum absolute atomic E-state index is 5.84. The van der Waals surface area contributed by atoms with Gasteiger partial charge in [-0.2, -0.15) is 11.1 Å². The van der Waals surface area contributed by atoms with E-state index in [9.17, 15) is 0 Å². The number of nitrogens with two attached hydrogens (primary N) is 1. The summed E-state index contributed by atoms with van der Waals surface area (Å²) in [6.07, 6.45) is 3.25. The fourth-order valence-electron chi connectivity index (χ4n) is 0.592. The van der Waals surface area contributed by atoms with Crippen LogP contribution in [0.25, 0.3) is 0 Å². The Morgan fingerprint density at radius 3 is 1.38 bits per heavy atom. The van der Waals surface area contributed by atoms with E-state index in [0.717, 1.165) is 5.70 Å². The first-order chi connectivity index (χ1) is 4.63. The molecule has 0 aliphatic heterocycles. The molecule has 0 aliphatic rings. The van der Waals surface area contributed by atoms with Crippen LogP contribution in [0.5, 0.6) is 0 Å². The van der Waals surface area contributed by atoms with Crippen LogP contribution in [0.4, 0.5) is 0 Å². The summed E-state index contributed by atoms with van der Waals surface area (Å²) in [4.78, 5) is 0. The molecule has 0 rings (SSSR count). The average molecular weight is 254 g/mol. The number of allylic oxidation sites excluding steroid dienone is 2. The third-order valence-corrected chi connectivity index (χ3v) is 1.32. The molecular formula is C10H20BNY-. The van der Waals surface area contributed by atoms with Crippen molar-refractivity contribution in [2.24, 2.45) is 16.6 Å². The van der Waals surface area contributed by atoms with Crippen LogP contribution in [0.15, 0.2) is 5.70 Å². The molecule has 0 atom stereocenters. The molecule has 0 saturated carbocycles. The van der Waals surface area contributed by atoms with Gasteiger partial charge >= 0.3 is 0 Å². The molecule has 2 N–H and O–H groups in total. The molecule has 0 unspecified atom stereocenters. The molecule has 1 nitrogen and oxygen atoms in total. The van der Waals surface area contributed by atoms with Crippen molar-refractivity contribution < 1.29 is 32.7 Å². The Hall–Kier alpha value is 0.709. The van der Waals surface area contributed by atoms with Crippen LogP contribution in [-0.4, -0.2) is 8.41 Å². The summed E-state index contributed by atoms with van der Waals surface area (Å²) in [6.45, 7) is 12.6. The van der Waals surface area contributed by atoms with Crippen molar-refractivity contribution in [3.8, 4) is 0 Å². The van der Waals surface area contributed by atoms with Gasteiger partial charge in [0.2, 0.25) is 0 Å². The van der Waals surface area contributed by atoms with Gasteiger partial charge in [0.25, 0.3) is 0 Å². The molecule has 0 aromatic carbocycles. The molecule has 0 heterocycles. The van der Waals surface area contributed by atoms with E-state index >= 15 is 0 Å². The van der Waals surface area contributed by atoms with Gasteiger partial charge in [-0.15, -0.1) is 0 Å². The van der Waals surface area contributed by atoms with Gasteiger partial charge in [0, 0.05) is 41.1 Å². The van der Waals surface area contributed by atoms with E-state index in [-0.39, 0.29) is 52.0 Å². The van der Waals surface area contributed by atoms with Gasteiger partial charge in [-0.05, 0) is 5.41 Å². The van der Waals surface area contributed by atoms with Gasteiger partial charge in [0.05, 0.1) is 0 Å². The molecule has 3 heteroatoms. The third-order valence-electron chi connectivity index (χ3n) is 1.32. The summed E-state index contributed by atoms with van der Waals surface area (Å²) in [5, 5.41) is 0. The van der Waals surface area contributed by atoms with Crippen LogP contribution < -0.4 is 5.73 Å². The van der Waals surface area contributed by atoms with Crippen LogP contribution in [0.2, 0.25) is 0 Å². The summed E-state index contributed by atoms with van der Waals surface area (Å²) in [6, 6.07) is 0. The topological polar surface area (TPSA) is 26.0 Å². The van der Waals surface area contributed by atoms with E-state index in [1.165, 1.54) is 0 Å².